The highest BCUT2D eigenvalue weighted by Gasteiger charge is 2.18. The standard InChI is InChI=1S/C19H22/c1-12-5-6-17-11-16(7-8-19(12)17)18-9-13(2)15(4)14(3)10-18/h7-12H,5-6H2,1-4H3. The molecular formula is C19H22. The second-order valence-electron chi connectivity index (χ2n) is 6.09. The van der Waals surface area contributed by atoms with E-state index >= 15 is 0 Å². The maximum atomic E-state index is 2.41. The third-order valence-corrected chi connectivity index (χ3v) is 4.78. The Balaban J connectivity index is 2.08. The predicted molar refractivity (Wildman–Crippen MR) is 82.8 cm³/mol. The van der Waals surface area contributed by atoms with E-state index in [2.05, 4.69) is 58.0 Å². The zero-order valence-electron chi connectivity index (χ0n) is 12.4. The van der Waals surface area contributed by atoms with Gasteiger partial charge in [0.2, 0.25) is 0 Å². The molecule has 0 aliphatic heterocycles. The largest absolute Gasteiger partial charge is 0.0584 e. The lowest BCUT2D eigenvalue weighted by Crippen LogP contribution is -1.91. The van der Waals surface area contributed by atoms with Crippen molar-refractivity contribution in [1.82, 2.24) is 0 Å². The van der Waals surface area contributed by atoms with Gasteiger partial charge in [0.1, 0.15) is 0 Å². The van der Waals surface area contributed by atoms with Gasteiger partial charge in [0.05, 0.1) is 0 Å². The molecule has 0 radical (unpaired) electrons. The number of hydrogen-bond acceptors (Lipinski definition) is 0. The van der Waals surface area contributed by atoms with E-state index in [1.54, 1.807) is 11.1 Å². The van der Waals surface area contributed by atoms with E-state index in [0.717, 1.165) is 5.92 Å². The Morgan fingerprint density at radius 2 is 1.58 bits per heavy atom. The molecule has 0 aromatic heterocycles. The van der Waals surface area contributed by atoms with Crippen LogP contribution in [0.1, 0.15) is 47.1 Å². The van der Waals surface area contributed by atoms with Gasteiger partial charge < -0.3 is 0 Å². The summed E-state index contributed by atoms with van der Waals surface area (Å²) < 4.78 is 0. The number of benzene rings is 2. The van der Waals surface area contributed by atoms with Gasteiger partial charge in [0.25, 0.3) is 0 Å². The quantitative estimate of drug-likeness (QED) is 0.642. The molecule has 0 saturated heterocycles. The van der Waals surface area contributed by atoms with E-state index in [0.29, 0.717) is 0 Å². The van der Waals surface area contributed by atoms with Crippen LogP contribution in [0.15, 0.2) is 30.3 Å². The van der Waals surface area contributed by atoms with Crippen molar-refractivity contribution >= 4 is 0 Å². The van der Waals surface area contributed by atoms with E-state index < -0.39 is 0 Å². The molecule has 2 aromatic carbocycles. The molecule has 1 aliphatic carbocycles. The van der Waals surface area contributed by atoms with E-state index in [1.165, 1.54) is 40.7 Å². The highest BCUT2D eigenvalue weighted by Crippen LogP contribution is 2.35. The Morgan fingerprint density at radius 3 is 2.26 bits per heavy atom. The molecule has 1 atom stereocenters. The summed E-state index contributed by atoms with van der Waals surface area (Å²) in [4.78, 5) is 0. The summed E-state index contributed by atoms with van der Waals surface area (Å²) >= 11 is 0. The molecule has 3 rings (SSSR count). The fourth-order valence-corrected chi connectivity index (χ4v) is 3.21. The summed E-state index contributed by atoms with van der Waals surface area (Å²) in [6, 6.07) is 11.7. The van der Waals surface area contributed by atoms with Crippen LogP contribution in [-0.4, -0.2) is 0 Å². The molecule has 0 bridgehead atoms. The monoisotopic (exact) mass is 250 g/mol. The Kier molecular flexibility index (Phi) is 2.97. The van der Waals surface area contributed by atoms with Gasteiger partial charge in [-0.25, -0.2) is 0 Å². The van der Waals surface area contributed by atoms with Gasteiger partial charge in [-0.3, -0.25) is 0 Å². The van der Waals surface area contributed by atoms with E-state index in [9.17, 15) is 0 Å². The lowest BCUT2D eigenvalue weighted by Gasteiger charge is -2.11. The molecule has 19 heavy (non-hydrogen) atoms. The molecule has 0 heteroatoms. The van der Waals surface area contributed by atoms with Crippen LogP contribution < -0.4 is 0 Å². The maximum Gasteiger partial charge on any atom is -0.0178 e. The maximum absolute atomic E-state index is 2.41. The first-order valence-electron chi connectivity index (χ1n) is 7.27. The average molecular weight is 250 g/mol. The van der Waals surface area contributed by atoms with Crippen LogP contribution in [0, 0.1) is 20.8 Å². The number of aryl methyl sites for hydroxylation is 3. The van der Waals surface area contributed by atoms with E-state index in [-0.39, 0.29) is 0 Å². The first-order chi connectivity index (χ1) is 9.06. The molecule has 0 N–H and O–H groups in total. The summed E-state index contributed by atoms with van der Waals surface area (Å²) in [5.74, 6) is 0.741. The minimum Gasteiger partial charge on any atom is -0.0584 e. The van der Waals surface area contributed by atoms with Crippen LogP contribution in [0.2, 0.25) is 0 Å². The molecule has 0 nitrogen and oxygen atoms in total. The van der Waals surface area contributed by atoms with Crippen LogP contribution >= 0.6 is 0 Å². The van der Waals surface area contributed by atoms with Crippen molar-refractivity contribution in [2.24, 2.45) is 0 Å². The second kappa shape index (κ2) is 4.52. The average Bonchev–Trinajstić information content (AvgIpc) is 2.76. The van der Waals surface area contributed by atoms with Gasteiger partial charge in [0, 0.05) is 0 Å². The summed E-state index contributed by atoms with van der Waals surface area (Å²) in [5, 5.41) is 0. The van der Waals surface area contributed by atoms with Gasteiger partial charge >= 0.3 is 0 Å². The molecule has 1 unspecified atom stereocenters. The van der Waals surface area contributed by atoms with Crippen molar-refractivity contribution < 1.29 is 0 Å². The van der Waals surface area contributed by atoms with Crippen molar-refractivity contribution in [3.8, 4) is 11.1 Å². The third-order valence-electron chi connectivity index (χ3n) is 4.78. The summed E-state index contributed by atoms with van der Waals surface area (Å²) in [7, 11) is 0. The Hall–Kier alpha value is -1.56. The highest BCUT2D eigenvalue weighted by atomic mass is 14.2. The predicted octanol–water partition coefficient (Wildman–Crippen LogP) is 5.33. The van der Waals surface area contributed by atoms with Crippen LogP contribution in [0.25, 0.3) is 11.1 Å². The van der Waals surface area contributed by atoms with Crippen LogP contribution in [0.3, 0.4) is 0 Å². The number of rotatable bonds is 1. The van der Waals surface area contributed by atoms with Crippen LogP contribution in [0.5, 0.6) is 0 Å². The molecular weight excluding hydrogens is 228 g/mol. The van der Waals surface area contributed by atoms with Gasteiger partial charge in [-0.15, -0.1) is 0 Å². The molecule has 2 aromatic rings. The molecule has 0 spiro atoms. The van der Waals surface area contributed by atoms with Crippen LogP contribution in [0.4, 0.5) is 0 Å². The van der Waals surface area contributed by atoms with Gasteiger partial charge in [-0.1, -0.05) is 37.3 Å². The molecule has 0 heterocycles. The van der Waals surface area contributed by atoms with Gasteiger partial charge in [-0.2, -0.15) is 0 Å². The molecule has 98 valence electrons. The van der Waals surface area contributed by atoms with Crippen molar-refractivity contribution in [3.05, 3.63) is 58.1 Å². The minimum absolute atomic E-state index is 0.741. The van der Waals surface area contributed by atoms with Gasteiger partial charge in [-0.05, 0) is 78.5 Å². The van der Waals surface area contributed by atoms with Gasteiger partial charge in [0.15, 0.2) is 0 Å². The van der Waals surface area contributed by atoms with E-state index in [4.69, 9.17) is 0 Å². The van der Waals surface area contributed by atoms with Crippen molar-refractivity contribution in [1.29, 1.82) is 0 Å². The van der Waals surface area contributed by atoms with Crippen molar-refractivity contribution in [2.75, 3.05) is 0 Å². The lowest BCUT2D eigenvalue weighted by molar-refractivity contribution is 0.747. The molecule has 0 amide bonds. The number of fused-ring (bicyclic) bond motifs is 1. The second-order valence-corrected chi connectivity index (χ2v) is 6.09. The summed E-state index contributed by atoms with van der Waals surface area (Å²) in [5.41, 5.74) is 10.1. The van der Waals surface area contributed by atoms with Crippen molar-refractivity contribution in [2.45, 2.75) is 46.5 Å². The Morgan fingerprint density at radius 1 is 0.895 bits per heavy atom. The normalized spacial score (nSPS) is 17.6. The fraction of sp³-hybridized carbons (Fsp3) is 0.368. The van der Waals surface area contributed by atoms with Crippen LogP contribution in [-0.2, 0) is 6.42 Å². The lowest BCUT2D eigenvalue weighted by atomic mass is 9.94. The third kappa shape index (κ3) is 2.10. The molecule has 1 aliphatic rings. The smallest absolute Gasteiger partial charge is 0.0178 e. The van der Waals surface area contributed by atoms with Crippen molar-refractivity contribution in [3.63, 3.8) is 0 Å². The highest BCUT2D eigenvalue weighted by molar-refractivity contribution is 5.68. The molecule has 0 saturated carbocycles. The zero-order chi connectivity index (χ0) is 13.6. The summed E-state index contributed by atoms with van der Waals surface area (Å²) in [6.45, 7) is 8.97. The SMILES string of the molecule is Cc1cc(-c2ccc3c(c2)CCC3C)cc(C)c1C. The first kappa shape index (κ1) is 12.5. The topological polar surface area (TPSA) is 0 Å². The number of hydrogen-bond donors (Lipinski definition) is 0. The molecule has 0 fully saturated rings. The summed E-state index contributed by atoms with van der Waals surface area (Å²) in [6.07, 6.45) is 2.55. The Labute approximate surface area is 116 Å². The first-order valence-corrected chi connectivity index (χ1v) is 7.27. The van der Waals surface area contributed by atoms with E-state index in [1.807, 2.05) is 0 Å². The fourth-order valence-electron chi connectivity index (χ4n) is 3.21. The Bertz CT molecular complexity index is 611. The zero-order valence-corrected chi connectivity index (χ0v) is 12.4. The minimum atomic E-state index is 0.741.